The second-order valence-corrected chi connectivity index (χ2v) is 7.50. The van der Waals surface area contributed by atoms with Crippen LogP contribution in [-0.4, -0.2) is 15.8 Å². The van der Waals surface area contributed by atoms with E-state index in [0.717, 1.165) is 0 Å². The average molecular weight is 533 g/mol. The third-order valence-corrected chi connectivity index (χ3v) is 5.61. The molecule has 10 heteroatoms. The molecule has 0 spiro atoms. The Morgan fingerprint density at radius 1 is 0.897 bits per heavy atom. The molecule has 0 bridgehead atoms. The molecule has 0 aromatic heterocycles. The topological polar surface area (TPSA) is 55.5 Å². The lowest BCUT2D eigenvalue weighted by molar-refractivity contribution is -0.143. The smallest absolute Gasteiger partial charge is 0.382 e. The second kappa shape index (κ2) is 9.19. The summed E-state index contributed by atoms with van der Waals surface area (Å²) in [7, 11) is 0. The molecule has 0 aliphatic heterocycles. The quantitative estimate of drug-likeness (QED) is 0.291. The van der Waals surface area contributed by atoms with Gasteiger partial charge in [0.2, 0.25) is 0 Å². The fraction of sp³-hybridized carbons (Fsp3) is 0.368. The van der Waals surface area contributed by atoms with E-state index < -0.39 is 39.8 Å². The average Bonchev–Trinajstić information content (AvgIpc) is 2.65. The number of hydrogen-bond acceptors (Lipinski definition) is 3. The Kier molecular flexibility index (Phi) is 7.57. The molecule has 0 aliphatic carbocycles. The van der Waals surface area contributed by atoms with Gasteiger partial charge in [0.15, 0.2) is 0 Å². The van der Waals surface area contributed by atoms with E-state index in [1.54, 1.807) is 52.9 Å². The van der Waals surface area contributed by atoms with Crippen LogP contribution in [0.4, 0.5) is 26.3 Å². The number of benzene rings is 2. The lowest BCUT2D eigenvalue weighted by Crippen LogP contribution is -2.39. The van der Waals surface area contributed by atoms with E-state index in [-0.39, 0.29) is 24.6 Å². The highest BCUT2D eigenvalue weighted by Gasteiger charge is 2.39. The van der Waals surface area contributed by atoms with Crippen molar-refractivity contribution in [2.24, 2.45) is 5.73 Å². The Labute approximate surface area is 177 Å². The number of hydrogen-bond donors (Lipinski definition) is 2. The first-order valence-corrected chi connectivity index (χ1v) is 9.64. The van der Waals surface area contributed by atoms with Crippen LogP contribution in [0.5, 0.6) is 0 Å². The zero-order valence-corrected chi connectivity index (χ0v) is 17.1. The van der Waals surface area contributed by atoms with Gasteiger partial charge < -0.3 is 15.6 Å². The van der Waals surface area contributed by atoms with Crippen molar-refractivity contribution >= 4 is 22.6 Å². The van der Waals surface area contributed by atoms with Gasteiger partial charge in [-0.05, 0) is 64.9 Å². The van der Waals surface area contributed by atoms with E-state index in [1.165, 1.54) is 0 Å². The Balaban J connectivity index is 2.29. The Bertz CT molecular complexity index is 780. The summed E-state index contributed by atoms with van der Waals surface area (Å²) in [5, 5.41) is 11.0. The van der Waals surface area contributed by atoms with Crippen molar-refractivity contribution in [2.75, 3.05) is 6.54 Å². The minimum Gasteiger partial charge on any atom is -0.382 e. The standard InChI is InChI=1S/C19H18F6INO2/c20-18(21,22)14-8-12(9-15(10-14)19(23,24)25)11-29-16(26)17(28,6-7-27)13-4-2-1-3-5-13/h1-5,8-10,16,28H,6-7,11,27H2/t16-,17?/m1/s1. The van der Waals surface area contributed by atoms with Gasteiger partial charge in [0, 0.05) is 0 Å². The van der Waals surface area contributed by atoms with E-state index in [0.29, 0.717) is 17.7 Å². The molecule has 0 fully saturated rings. The summed E-state index contributed by atoms with van der Waals surface area (Å²) in [6.07, 6.45) is -9.80. The van der Waals surface area contributed by atoms with Crippen molar-refractivity contribution in [3.8, 4) is 0 Å². The fourth-order valence-electron chi connectivity index (χ4n) is 2.75. The van der Waals surface area contributed by atoms with Gasteiger partial charge in [-0.2, -0.15) is 26.3 Å². The molecule has 1 unspecified atom stereocenters. The van der Waals surface area contributed by atoms with Crippen molar-refractivity contribution in [1.82, 2.24) is 0 Å². The van der Waals surface area contributed by atoms with E-state index >= 15 is 0 Å². The summed E-state index contributed by atoms with van der Waals surface area (Å²) >= 11 is 1.75. The Morgan fingerprint density at radius 3 is 1.86 bits per heavy atom. The normalized spacial score (nSPS) is 15.8. The zero-order chi connectivity index (χ0) is 21.9. The number of alkyl halides is 7. The Hall–Kier alpha value is -1.37. The molecule has 0 amide bonds. The minimum atomic E-state index is -4.94. The van der Waals surface area contributed by atoms with Crippen LogP contribution in [0.2, 0.25) is 0 Å². The first-order chi connectivity index (χ1) is 13.4. The van der Waals surface area contributed by atoms with Crippen molar-refractivity contribution in [2.45, 2.75) is 35.1 Å². The van der Waals surface area contributed by atoms with Crippen LogP contribution in [0.25, 0.3) is 0 Å². The van der Waals surface area contributed by atoms with Crippen molar-refractivity contribution < 1.29 is 36.2 Å². The monoisotopic (exact) mass is 533 g/mol. The summed E-state index contributed by atoms with van der Waals surface area (Å²) in [6.45, 7) is -0.462. The van der Waals surface area contributed by atoms with Crippen molar-refractivity contribution in [3.63, 3.8) is 0 Å². The summed E-state index contributed by atoms with van der Waals surface area (Å²) < 4.78 is 82.4. The van der Waals surface area contributed by atoms with E-state index in [4.69, 9.17) is 10.5 Å². The maximum atomic E-state index is 13.0. The van der Waals surface area contributed by atoms with Gasteiger partial charge >= 0.3 is 12.4 Å². The molecular weight excluding hydrogens is 515 g/mol. The molecule has 3 nitrogen and oxygen atoms in total. The molecule has 0 saturated carbocycles. The molecule has 0 heterocycles. The summed E-state index contributed by atoms with van der Waals surface area (Å²) in [5.74, 6) is 0. The van der Waals surface area contributed by atoms with Crippen LogP contribution < -0.4 is 5.73 Å². The summed E-state index contributed by atoms with van der Waals surface area (Å²) in [4.78, 5) is 0. The van der Waals surface area contributed by atoms with Gasteiger partial charge in [0.25, 0.3) is 0 Å². The molecule has 0 saturated heterocycles. The molecule has 3 N–H and O–H groups in total. The first kappa shape index (κ1) is 23.9. The van der Waals surface area contributed by atoms with Crippen LogP contribution in [0, 0.1) is 0 Å². The molecule has 29 heavy (non-hydrogen) atoms. The third-order valence-electron chi connectivity index (χ3n) is 4.22. The number of halogens is 7. The van der Waals surface area contributed by atoms with Crippen LogP contribution in [-0.2, 0) is 29.3 Å². The first-order valence-electron chi connectivity index (χ1n) is 8.40. The van der Waals surface area contributed by atoms with E-state index in [1.807, 2.05) is 0 Å². The van der Waals surface area contributed by atoms with Crippen LogP contribution in [0.1, 0.15) is 28.7 Å². The van der Waals surface area contributed by atoms with Crippen molar-refractivity contribution in [3.05, 3.63) is 70.8 Å². The molecule has 160 valence electrons. The molecule has 2 aromatic carbocycles. The zero-order valence-electron chi connectivity index (χ0n) is 14.9. The maximum Gasteiger partial charge on any atom is 0.416 e. The van der Waals surface area contributed by atoms with Gasteiger partial charge in [-0.15, -0.1) is 0 Å². The Morgan fingerprint density at radius 2 is 1.41 bits per heavy atom. The highest BCUT2D eigenvalue weighted by molar-refractivity contribution is 14.1. The molecule has 0 radical (unpaired) electrons. The van der Waals surface area contributed by atoms with Crippen LogP contribution >= 0.6 is 22.6 Å². The van der Waals surface area contributed by atoms with Gasteiger partial charge in [-0.25, -0.2) is 0 Å². The molecule has 2 aromatic rings. The van der Waals surface area contributed by atoms with Crippen molar-refractivity contribution in [1.29, 1.82) is 0 Å². The molecule has 0 aliphatic rings. The van der Waals surface area contributed by atoms with Crippen LogP contribution in [0.15, 0.2) is 48.5 Å². The lowest BCUT2D eigenvalue weighted by Gasteiger charge is -2.33. The highest BCUT2D eigenvalue weighted by Crippen LogP contribution is 2.38. The second-order valence-electron chi connectivity index (χ2n) is 6.37. The predicted molar refractivity (Wildman–Crippen MR) is 103 cm³/mol. The van der Waals surface area contributed by atoms with E-state index in [2.05, 4.69) is 0 Å². The largest absolute Gasteiger partial charge is 0.416 e. The van der Waals surface area contributed by atoms with Gasteiger partial charge in [0.1, 0.15) is 9.71 Å². The summed E-state index contributed by atoms with van der Waals surface area (Å²) in [6, 6.07) is 9.63. The molecular formula is C19H18F6INO2. The highest BCUT2D eigenvalue weighted by atomic mass is 127. The SMILES string of the molecule is NCCC(O)(c1ccccc1)[C@H](I)OCc1cc(C(F)(F)F)cc(C(F)(F)F)c1. The fourth-order valence-corrected chi connectivity index (χ4v) is 3.60. The third kappa shape index (κ3) is 6.06. The summed E-state index contributed by atoms with van der Waals surface area (Å²) in [5.41, 5.74) is 1.33. The number of aliphatic hydroxyl groups is 1. The molecule has 2 atom stereocenters. The van der Waals surface area contributed by atoms with Gasteiger partial charge in [-0.1, -0.05) is 30.3 Å². The minimum absolute atomic E-state index is 0.0553. The van der Waals surface area contributed by atoms with Gasteiger partial charge in [-0.3, -0.25) is 0 Å². The maximum absolute atomic E-state index is 13.0. The molecule has 2 rings (SSSR count). The van der Waals surface area contributed by atoms with Crippen LogP contribution in [0.3, 0.4) is 0 Å². The van der Waals surface area contributed by atoms with E-state index in [9.17, 15) is 31.4 Å². The number of nitrogens with two attached hydrogens (primary N) is 1. The number of rotatable bonds is 7. The predicted octanol–water partition coefficient (Wildman–Crippen LogP) is 5.24. The van der Waals surface area contributed by atoms with Gasteiger partial charge in [0.05, 0.1) is 17.7 Å². The lowest BCUT2D eigenvalue weighted by atomic mass is 9.91. The number of ether oxygens (including phenoxy) is 1.